The van der Waals surface area contributed by atoms with Crippen LogP contribution in [0.1, 0.15) is 0 Å². The van der Waals surface area contributed by atoms with E-state index in [2.05, 4.69) is 4.98 Å². The molecule has 3 aromatic rings. The molecule has 0 saturated heterocycles. The molecule has 0 bridgehead atoms. The van der Waals surface area contributed by atoms with Crippen LogP contribution in [-0.4, -0.2) is 16.7 Å². The summed E-state index contributed by atoms with van der Waals surface area (Å²) in [7, 11) is 1.57. The number of ether oxygens (including phenoxy) is 1. The summed E-state index contributed by atoms with van der Waals surface area (Å²) in [6, 6.07) is 8.25. The number of nitrogens with zero attached hydrogens (tertiary/aromatic N) is 2. The first-order valence-corrected chi connectivity index (χ1v) is 6.73. The minimum absolute atomic E-state index is 0.0766. The Balaban J connectivity index is 2.27. The van der Waals surface area contributed by atoms with Gasteiger partial charge in [0.25, 0.3) is 0 Å². The van der Waals surface area contributed by atoms with Crippen LogP contribution < -0.4 is 10.5 Å². The minimum Gasteiger partial charge on any atom is -0.497 e. The van der Waals surface area contributed by atoms with E-state index in [0.717, 1.165) is 5.52 Å². The standard InChI is InChI=1S/C14H10Cl2FN3O/c1-21-8-2-3-12-11(6-8)19-14(18)20(12)7-4-9(15)13(17)10(16)5-7/h2-6H,1H3,(H2,18,19). The summed E-state index contributed by atoms with van der Waals surface area (Å²) in [5.74, 6) is 0.256. The molecule has 0 fully saturated rings. The van der Waals surface area contributed by atoms with E-state index in [1.807, 2.05) is 6.07 Å². The molecule has 0 aliphatic rings. The summed E-state index contributed by atoms with van der Waals surface area (Å²) in [6.45, 7) is 0. The Kier molecular flexibility index (Phi) is 3.39. The Morgan fingerprint density at radius 3 is 2.48 bits per heavy atom. The highest BCUT2D eigenvalue weighted by Gasteiger charge is 2.14. The van der Waals surface area contributed by atoms with Crippen molar-refractivity contribution < 1.29 is 9.13 Å². The Morgan fingerprint density at radius 2 is 1.86 bits per heavy atom. The first-order valence-electron chi connectivity index (χ1n) is 5.98. The highest BCUT2D eigenvalue weighted by Crippen LogP contribution is 2.31. The van der Waals surface area contributed by atoms with E-state index in [9.17, 15) is 4.39 Å². The molecule has 7 heteroatoms. The fourth-order valence-corrected chi connectivity index (χ4v) is 2.62. The van der Waals surface area contributed by atoms with Crippen molar-refractivity contribution in [2.75, 3.05) is 12.8 Å². The number of nitrogen functional groups attached to an aromatic ring is 1. The molecule has 0 unspecified atom stereocenters. The third kappa shape index (κ3) is 2.28. The van der Waals surface area contributed by atoms with Crippen LogP contribution in [0.25, 0.3) is 16.7 Å². The van der Waals surface area contributed by atoms with Crippen molar-refractivity contribution >= 4 is 40.2 Å². The van der Waals surface area contributed by atoms with Gasteiger partial charge in [-0.1, -0.05) is 23.2 Å². The fourth-order valence-electron chi connectivity index (χ4n) is 2.15. The average molecular weight is 326 g/mol. The monoisotopic (exact) mass is 325 g/mol. The number of nitrogens with two attached hydrogens (primary N) is 1. The number of hydrogen-bond acceptors (Lipinski definition) is 3. The topological polar surface area (TPSA) is 53.1 Å². The van der Waals surface area contributed by atoms with Gasteiger partial charge in [-0.25, -0.2) is 9.37 Å². The van der Waals surface area contributed by atoms with Crippen LogP contribution >= 0.6 is 23.2 Å². The molecule has 1 aromatic heterocycles. The predicted octanol–water partition coefficient (Wildman–Crippen LogP) is 4.06. The van der Waals surface area contributed by atoms with Gasteiger partial charge >= 0.3 is 0 Å². The van der Waals surface area contributed by atoms with E-state index < -0.39 is 5.82 Å². The molecule has 108 valence electrons. The molecule has 0 amide bonds. The van der Waals surface area contributed by atoms with E-state index in [1.54, 1.807) is 23.8 Å². The lowest BCUT2D eigenvalue weighted by molar-refractivity contribution is 0.415. The van der Waals surface area contributed by atoms with Gasteiger partial charge in [0, 0.05) is 6.07 Å². The summed E-state index contributed by atoms with van der Waals surface area (Å²) < 4.78 is 20.3. The van der Waals surface area contributed by atoms with E-state index in [0.29, 0.717) is 17.0 Å². The Labute approximate surface area is 129 Å². The number of benzene rings is 2. The number of halogens is 3. The second-order valence-corrected chi connectivity index (χ2v) is 5.20. The van der Waals surface area contributed by atoms with Gasteiger partial charge in [-0.15, -0.1) is 0 Å². The van der Waals surface area contributed by atoms with Crippen molar-refractivity contribution in [1.29, 1.82) is 0 Å². The van der Waals surface area contributed by atoms with Crippen LogP contribution in [0.15, 0.2) is 30.3 Å². The Hall–Kier alpha value is -1.98. The SMILES string of the molecule is COc1ccc2c(c1)nc(N)n2-c1cc(Cl)c(F)c(Cl)c1. The third-order valence-corrected chi connectivity index (χ3v) is 3.66. The van der Waals surface area contributed by atoms with Crippen LogP contribution in [-0.2, 0) is 0 Å². The molecule has 0 radical (unpaired) electrons. The largest absolute Gasteiger partial charge is 0.497 e. The molecular weight excluding hydrogens is 316 g/mol. The van der Waals surface area contributed by atoms with Gasteiger partial charge in [0.2, 0.25) is 5.95 Å². The quantitative estimate of drug-likeness (QED) is 0.723. The van der Waals surface area contributed by atoms with Crippen molar-refractivity contribution in [3.63, 3.8) is 0 Å². The molecule has 0 saturated carbocycles. The molecule has 21 heavy (non-hydrogen) atoms. The zero-order valence-corrected chi connectivity index (χ0v) is 12.4. The van der Waals surface area contributed by atoms with Gasteiger partial charge in [0.1, 0.15) is 5.75 Å². The molecule has 4 nitrogen and oxygen atoms in total. The van der Waals surface area contributed by atoms with E-state index in [1.165, 1.54) is 12.1 Å². The first kappa shape index (κ1) is 14.0. The number of aromatic nitrogens is 2. The zero-order chi connectivity index (χ0) is 15.1. The molecule has 3 rings (SSSR count). The first-order chi connectivity index (χ1) is 10.0. The number of hydrogen-bond donors (Lipinski definition) is 1. The molecule has 0 atom stereocenters. The normalized spacial score (nSPS) is 11.0. The maximum absolute atomic E-state index is 13.5. The van der Waals surface area contributed by atoms with Gasteiger partial charge in [-0.3, -0.25) is 4.57 Å². The molecule has 2 aromatic carbocycles. The van der Waals surface area contributed by atoms with Crippen molar-refractivity contribution in [3.05, 3.63) is 46.2 Å². The highest BCUT2D eigenvalue weighted by molar-refractivity contribution is 6.35. The summed E-state index contributed by atoms with van der Waals surface area (Å²) in [6.07, 6.45) is 0. The summed E-state index contributed by atoms with van der Waals surface area (Å²) in [5.41, 5.74) is 7.88. The zero-order valence-electron chi connectivity index (χ0n) is 10.9. The van der Waals surface area contributed by atoms with E-state index >= 15 is 0 Å². The van der Waals surface area contributed by atoms with Gasteiger partial charge < -0.3 is 10.5 Å². The summed E-state index contributed by atoms with van der Waals surface area (Å²) in [5, 5.41) is -0.153. The maximum atomic E-state index is 13.5. The smallest absolute Gasteiger partial charge is 0.205 e. The van der Waals surface area contributed by atoms with Gasteiger partial charge in [-0.2, -0.15) is 0 Å². The number of imidazole rings is 1. The fraction of sp³-hybridized carbons (Fsp3) is 0.0714. The Morgan fingerprint density at radius 1 is 1.19 bits per heavy atom. The second kappa shape index (κ2) is 5.09. The lowest BCUT2D eigenvalue weighted by Gasteiger charge is -2.09. The van der Waals surface area contributed by atoms with Gasteiger partial charge in [0.05, 0.1) is 33.9 Å². The number of rotatable bonds is 2. The maximum Gasteiger partial charge on any atom is 0.205 e. The number of fused-ring (bicyclic) bond motifs is 1. The van der Waals surface area contributed by atoms with Crippen LogP contribution in [0.2, 0.25) is 10.0 Å². The van der Waals surface area contributed by atoms with E-state index in [-0.39, 0.29) is 16.0 Å². The molecular formula is C14H10Cl2FN3O. The molecule has 0 spiro atoms. The summed E-state index contributed by atoms with van der Waals surface area (Å²) in [4.78, 5) is 4.26. The van der Waals surface area contributed by atoms with Gasteiger partial charge in [-0.05, 0) is 24.3 Å². The lowest BCUT2D eigenvalue weighted by Crippen LogP contribution is -2.01. The van der Waals surface area contributed by atoms with Crippen molar-refractivity contribution in [3.8, 4) is 11.4 Å². The number of methoxy groups -OCH3 is 1. The van der Waals surface area contributed by atoms with Crippen LogP contribution in [0.3, 0.4) is 0 Å². The van der Waals surface area contributed by atoms with Crippen LogP contribution in [0.4, 0.5) is 10.3 Å². The van der Waals surface area contributed by atoms with Crippen LogP contribution in [0.5, 0.6) is 5.75 Å². The molecule has 1 heterocycles. The molecule has 0 aliphatic carbocycles. The minimum atomic E-state index is -0.660. The molecule has 0 aliphatic heterocycles. The average Bonchev–Trinajstić information content (AvgIpc) is 2.78. The van der Waals surface area contributed by atoms with Crippen molar-refractivity contribution in [2.24, 2.45) is 0 Å². The highest BCUT2D eigenvalue weighted by atomic mass is 35.5. The third-order valence-electron chi connectivity index (χ3n) is 3.11. The Bertz CT molecular complexity index is 825. The van der Waals surface area contributed by atoms with Crippen molar-refractivity contribution in [2.45, 2.75) is 0 Å². The molecule has 2 N–H and O–H groups in total. The van der Waals surface area contributed by atoms with Crippen LogP contribution in [0, 0.1) is 5.82 Å². The summed E-state index contributed by atoms with van der Waals surface area (Å²) >= 11 is 11.7. The predicted molar refractivity (Wildman–Crippen MR) is 82.0 cm³/mol. The number of anilines is 1. The lowest BCUT2D eigenvalue weighted by atomic mass is 10.2. The van der Waals surface area contributed by atoms with E-state index in [4.69, 9.17) is 33.7 Å². The van der Waals surface area contributed by atoms with Gasteiger partial charge in [0.15, 0.2) is 5.82 Å². The second-order valence-electron chi connectivity index (χ2n) is 4.38. The van der Waals surface area contributed by atoms with Crippen molar-refractivity contribution in [1.82, 2.24) is 9.55 Å².